The SMILES string of the molecule is COc1ccc(Cl)cc1NC(=O)c1ccccc1N1C(=O)[C@H]2C[C@@H](C)CC[C@H]2C1=O. The van der Waals surface area contributed by atoms with Crippen LogP contribution in [0.1, 0.15) is 36.5 Å². The highest BCUT2D eigenvalue weighted by molar-refractivity contribution is 6.31. The highest BCUT2D eigenvalue weighted by atomic mass is 35.5. The summed E-state index contributed by atoms with van der Waals surface area (Å²) in [7, 11) is 1.50. The van der Waals surface area contributed by atoms with E-state index in [9.17, 15) is 14.4 Å². The van der Waals surface area contributed by atoms with Crippen LogP contribution in [0.5, 0.6) is 5.75 Å². The van der Waals surface area contributed by atoms with Crippen LogP contribution in [0.25, 0.3) is 0 Å². The molecule has 0 radical (unpaired) electrons. The van der Waals surface area contributed by atoms with E-state index >= 15 is 0 Å². The average Bonchev–Trinajstić information content (AvgIpc) is 2.97. The Morgan fingerprint density at radius 1 is 1.10 bits per heavy atom. The van der Waals surface area contributed by atoms with Crippen molar-refractivity contribution in [1.82, 2.24) is 0 Å². The van der Waals surface area contributed by atoms with Crippen LogP contribution in [0.2, 0.25) is 5.02 Å². The Morgan fingerprint density at radius 2 is 1.83 bits per heavy atom. The summed E-state index contributed by atoms with van der Waals surface area (Å²) >= 11 is 6.05. The van der Waals surface area contributed by atoms with Gasteiger partial charge in [0.15, 0.2) is 0 Å². The summed E-state index contributed by atoms with van der Waals surface area (Å²) in [6.45, 7) is 2.11. The molecular weight excluding hydrogens is 404 g/mol. The number of ether oxygens (including phenoxy) is 1. The predicted molar refractivity (Wildman–Crippen MR) is 115 cm³/mol. The zero-order valence-corrected chi connectivity index (χ0v) is 17.6. The summed E-state index contributed by atoms with van der Waals surface area (Å²) in [6.07, 6.45) is 2.35. The van der Waals surface area contributed by atoms with E-state index in [0.29, 0.717) is 40.9 Å². The van der Waals surface area contributed by atoms with Gasteiger partial charge in [-0.15, -0.1) is 0 Å². The van der Waals surface area contributed by atoms with E-state index in [1.165, 1.54) is 12.0 Å². The Balaban J connectivity index is 1.67. The van der Waals surface area contributed by atoms with E-state index in [1.54, 1.807) is 42.5 Å². The maximum Gasteiger partial charge on any atom is 0.257 e. The lowest BCUT2D eigenvalue weighted by molar-refractivity contribution is -0.122. The van der Waals surface area contributed by atoms with Gasteiger partial charge in [0.05, 0.1) is 35.9 Å². The van der Waals surface area contributed by atoms with Gasteiger partial charge >= 0.3 is 0 Å². The van der Waals surface area contributed by atoms with Gasteiger partial charge in [0.25, 0.3) is 5.91 Å². The monoisotopic (exact) mass is 426 g/mol. The van der Waals surface area contributed by atoms with Crippen molar-refractivity contribution < 1.29 is 19.1 Å². The van der Waals surface area contributed by atoms with Gasteiger partial charge in [0.1, 0.15) is 5.75 Å². The minimum atomic E-state index is -0.449. The number of halogens is 1. The molecule has 2 aliphatic rings. The Morgan fingerprint density at radius 3 is 2.60 bits per heavy atom. The Labute approximate surface area is 180 Å². The molecule has 2 aromatic rings. The molecule has 3 amide bonds. The van der Waals surface area contributed by atoms with E-state index < -0.39 is 5.91 Å². The standard InChI is InChI=1S/C23H23ClN2O4/c1-13-7-9-15-17(11-13)23(29)26(22(15)28)19-6-4-3-5-16(19)21(27)25-18-12-14(24)8-10-20(18)30-2/h3-6,8,10,12-13,15,17H,7,9,11H2,1-2H3,(H,25,27)/t13-,15+,17-/m0/s1. The van der Waals surface area contributed by atoms with Gasteiger partial charge in [-0.1, -0.05) is 30.7 Å². The summed E-state index contributed by atoms with van der Waals surface area (Å²) in [6, 6.07) is 11.6. The number of rotatable bonds is 4. The van der Waals surface area contributed by atoms with Crippen LogP contribution in [0.3, 0.4) is 0 Å². The third kappa shape index (κ3) is 3.56. The molecule has 7 heteroatoms. The number of methoxy groups -OCH3 is 1. The molecule has 1 saturated heterocycles. The number of para-hydroxylation sites is 1. The third-order valence-electron chi connectivity index (χ3n) is 5.99. The van der Waals surface area contributed by atoms with Crippen molar-refractivity contribution in [2.24, 2.45) is 17.8 Å². The second kappa shape index (κ2) is 8.11. The topological polar surface area (TPSA) is 75.7 Å². The van der Waals surface area contributed by atoms with Gasteiger partial charge in [-0.25, -0.2) is 4.90 Å². The normalized spacial score (nSPS) is 23.3. The molecule has 156 valence electrons. The van der Waals surface area contributed by atoms with Crippen molar-refractivity contribution >= 4 is 40.7 Å². The first-order valence-corrected chi connectivity index (χ1v) is 10.4. The summed E-state index contributed by atoms with van der Waals surface area (Å²) in [5.41, 5.74) is 0.965. The number of imide groups is 1. The molecule has 2 aromatic carbocycles. The third-order valence-corrected chi connectivity index (χ3v) is 6.22. The highest BCUT2D eigenvalue weighted by Gasteiger charge is 2.50. The number of fused-ring (bicyclic) bond motifs is 1. The number of hydrogen-bond acceptors (Lipinski definition) is 4. The number of amides is 3. The maximum absolute atomic E-state index is 13.1. The maximum atomic E-state index is 13.1. The van der Waals surface area contributed by atoms with Crippen LogP contribution in [0.4, 0.5) is 11.4 Å². The zero-order valence-electron chi connectivity index (χ0n) is 16.9. The number of benzene rings is 2. The minimum Gasteiger partial charge on any atom is -0.495 e. The molecule has 0 bridgehead atoms. The second-order valence-electron chi connectivity index (χ2n) is 7.96. The molecule has 6 nitrogen and oxygen atoms in total. The van der Waals surface area contributed by atoms with Crippen molar-refractivity contribution in [1.29, 1.82) is 0 Å². The van der Waals surface area contributed by atoms with Crippen LogP contribution in [0, 0.1) is 17.8 Å². The van der Waals surface area contributed by atoms with Crippen molar-refractivity contribution in [3.05, 3.63) is 53.1 Å². The highest BCUT2D eigenvalue weighted by Crippen LogP contribution is 2.43. The average molecular weight is 427 g/mol. The first-order valence-electron chi connectivity index (χ1n) is 10.0. The number of hydrogen-bond donors (Lipinski definition) is 1. The molecule has 3 atom stereocenters. The Bertz CT molecular complexity index is 1020. The fourth-order valence-electron chi connectivity index (χ4n) is 4.46. The fourth-order valence-corrected chi connectivity index (χ4v) is 4.63. The first kappa shape index (κ1) is 20.4. The van der Waals surface area contributed by atoms with Crippen LogP contribution in [-0.4, -0.2) is 24.8 Å². The number of nitrogens with zero attached hydrogens (tertiary/aromatic N) is 1. The molecule has 2 fully saturated rings. The number of nitrogens with one attached hydrogen (secondary N) is 1. The van der Waals surface area contributed by atoms with Crippen LogP contribution in [-0.2, 0) is 9.59 Å². The Hall–Kier alpha value is -2.86. The van der Waals surface area contributed by atoms with E-state index in [0.717, 1.165) is 6.42 Å². The lowest BCUT2D eigenvalue weighted by Crippen LogP contribution is -2.33. The zero-order chi connectivity index (χ0) is 21.4. The molecule has 1 saturated carbocycles. The van der Waals surface area contributed by atoms with Crippen LogP contribution < -0.4 is 15.0 Å². The number of carbonyl (C=O) groups is 3. The van der Waals surface area contributed by atoms with Crippen molar-refractivity contribution in [2.45, 2.75) is 26.2 Å². The van der Waals surface area contributed by atoms with Gasteiger partial charge < -0.3 is 10.1 Å². The largest absolute Gasteiger partial charge is 0.495 e. The summed E-state index contributed by atoms with van der Waals surface area (Å²) in [5, 5.41) is 3.23. The summed E-state index contributed by atoms with van der Waals surface area (Å²) in [5.74, 6) is -0.594. The van der Waals surface area contributed by atoms with Gasteiger partial charge in [-0.3, -0.25) is 14.4 Å². The number of anilines is 2. The van der Waals surface area contributed by atoms with Crippen molar-refractivity contribution in [3.63, 3.8) is 0 Å². The van der Waals surface area contributed by atoms with Gasteiger partial charge in [-0.05, 0) is 55.5 Å². The Kier molecular flexibility index (Phi) is 5.52. The molecule has 0 spiro atoms. The molecule has 1 N–H and O–H groups in total. The molecule has 1 aliphatic heterocycles. The quantitative estimate of drug-likeness (QED) is 0.729. The fraction of sp³-hybridized carbons (Fsp3) is 0.348. The van der Waals surface area contributed by atoms with Crippen molar-refractivity contribution in [3.8, 4) is 5.75 Å². The molecule has 4 rings (SSSR count). The van der Waals surface area contributed by atoms with E-state index in [4.69, 9.17) is 16.3 Å². The van der Waals surface area contributed by atoms with E-state index in [2.05, 4.69) is 12.2 Å². The smallest absolute Gasteiger partial charge is 0.257 e. The lowest BCUT2D eigenvalue weighted by Gasteiger charge is -2.25. The van der Waals surface area contributed by atoms with Crippen LogP contribution in [0.15, 0.2) is 42.5 Å². The van der Waals surface area contributed by atoms with Gasteiger partial charge in [-0.2, -0.15) is 0 Å². The number of carbonyl (C=O) groups excluding carboxylic acids is 3. The molecule has 1 aliphatic carbocycles. The van der Waals surface area contributed by atoms with Crippen molar-refractivity contribution in [2.75, 3.05) is 17.3 Å². The summed E-state index contributed by atoms with van der Waals surface area (Å²) < 4.78 is 5.28. The molecule has 0 aromatic heterocycles. The van der Waals surface area contributed by atoms with Crippen LogP contribution >= 0.6 is 11.6 Å². The molecular formula is C23H23ClN2O4. The first-order chi connectivity index (χ1) is 14.4. The predicted octanol–water partition coefficient (Wildman–Crippen LogP) is 4.53. The van der Waals surface area contributed by atoms with E-state index in [-0.39, 0.29) is 29.2 Å². The molecule has 1 heterocycles. The molecule has 30 heavy (non-hydrogen) atoms. The lowest BCUT2D eigenvalue weighted by atomic mass is 9.76. The van der Waals surface area contributed by atoms with Gasteiger partial charge in [0, 0.05) is 5.02 Å². The minimum absolute atomic E-state index is 0.211. The second-order valence-corrected chi connectivity index (χ2v) is 8.40. The molecule has 0 unspecified atom stereocenters. The van der Waals surface area contributed by atoms with E-state index in [1.807, 2.05) is 0 Å². The summed E-state index contributed by atoms with van der Waals surface area (Å²) in [4.78, 5) is 40.5. The van der Waals surface area contributed by atoms with Gasteiger partial charge in [0.2, 0.25) is 11.8 Å².